The zero-order valence-electron chi connectivity index (χ0n) is 9.62. The third kappa shape index (κ3) is 3.57. The SMILES string of the molecule is COC(=O)C(C)C(C)NCc1sccc1Br. The molecule has 1 rings (SSSR count). The van der Waals surface area contributed by atoms with Gasteiger partial charge in [0.15, 0.2) is 0 Å². The highest BCUT2D eigenvalue weighted by atomic mass is 79.9. The van der Waals surface area contributed by atoms with Gasteiger partial charge >= 0.3 is 5.97 Å². The number of rotatable bonds is 5. The van der Waals surface area contributed by atoms with E-state index in [9.17, 15) is 4.79 Å². The standard InChI is InChI=1S/C11H16BrNO2S/c1-7(11(14)15-3)8(2)13-6-10-9(12)4-5-16-10/h4-5,7-8,13H,6H2,1-3H3. The fraction of sp³-hybridized carbons (Fsp3) is 0.545. The largest absolute Gasteiger partial charge is 0.469 e. The van der Waals surface area contributed by atoms with Gasteiger partial charge in [-0.25, -0.2) is 0 Å². The molecule has 1 N–H and O–H groups in total. The van der Waals surface area contributed by atoms with Crippen LogP contribution in [0.5, 0.6) is 0 Å². The first-order chi connectivity index (χ1) is 7.56. The number of carbonyl (C=O) groups is 1. The Hall–Kier alpha value is -0.390. The quantitative estimate of drug-likeness (QED) is 0.850. The summed E-state index contributed by atoms with van der Waals surface area (Å²) in [7, 11) is 1.42. The fourth-order valence-electron chi connectivity index (χ4n) is 1.27. The maximum atomic E-state index is 11.3. The number of halogens is 1. The van der Waals surface area contributed by atoms with Crippen LogP contribution < -0.4 is 5.32 Å². The van der Waals surface area contributed by atoms with Crippen LogP contribution in [0, 0.1) is 5.92 Å². The molecule has 0 bridgehead atoms. The summed E-state index contributed by atoms with van der Waals surface area (Å²) < 4.78 is 5.82. The van der Waals surface area contributed by atoms with E-state index < -0.39 is 0 Å². The summed E-state index contributed by atoms with van der Waals surface area (Å²) in [4.78, 5) is 12.6. The first kappa shape index (κ1) is 13.7. The molecule has 90 valence electrons. The Morgan fingerprint density at radius 1 is 1.62 bits per heavy atom. The first-order valence-corrected chi connectivity index (χ1v) is 6.76. The van der Waals surface area contributed by atoms with E-state index in [-0.39, 0.29) is 17.9 Å². The van der Waals surface area contributed by atoms with Crippen molar-refractivity contribution in [2.24, 2.45) is 5.92 Å². The number of esters is 1. The Balaban J connectivity index is 2.44. The number of hydrogen-bond donors (Lipinski definition) is 1. The minimum absolute atomic E-state index is 0.0986. The molecule has 5 heteroatoms. The number of carbonyl (C=O) groups excluding carboxylic acids is 1. The molecule has 0 aliphatic rings. The first-order valence-electron chi connectivity index (χ1n) is 5.09. The highest BCUT2D eigenvalue weighted by molar-refractivity contribution is 9.10. The fourth-order valence-corrected chi connectivity index (χ4v) is 2.72. The molecule has 0 saturated heterocycles. The third-order valence-electron chi connectivity index (χ3n) is 2.60. The highest BCUT2D eigenvalue weighted by Gasteiger charge is 2.20. The van der Waals surface area contributed by atoms with E-state index in [1.54, 1.807) is 11.3 Å². The van der Waals surface area contributed by atoms with Crippen molar-refractivity contribution in [3.05, 3.63) is 20.8 Å². The number of thiophene rings is 1. The number of ether oxygens (including phenoxy) is 1. The average Bonchev–Trinajstić information content (AvgIpc) is 2.69. The molecule has 2 unspecified atom stereocenters. The van der Waals surface area contributed by atoms with Crippen molar-refractivity contribution < 1.29 is 9.53 Å². The summed E-state index contributed by atoms with van der Waals surface area (Å²) in [5.74, 6) is -0.311. The molecule has 1 aromatic heterocycles. The van der Waals surface area contributed by atoms with Gasteiger partial charge in [0.1, 0.15) is 0 Å². The van der Waals surface area contributed by atoms with Crippen LogP contribution in [0.25, 0.3) is 0 Å². The normalized spacial score (nSPS) is 14.5. The minimum atomic E-state index is -0.176. The molecule has 0 fully saturated rings. The number of nitrogens with one attached hydrogen (secondary N) is 1. The predicted molar refractivity (Wildman–Crippen MR) is 69.5 cm³/mol. The Bertz CT molecular complexity index is 354. The van der Waals surface area contributed by atoms with Crippen LogP contribution in [0.2, 0.25) is 0 Å². The van der Waals surface area contributed by atoms with Crippen molar-refractivity contribution in [1.29, 1.82) is 0 Å². The Labute approximate surface area is 108 Å². The summed E-state index contributed by atoms with van der Waals surface area (Å²) >= 11 is 5.17. The van der Waals surface area contributed by atoms with E-state index in [1.807, 2.05) is 25.3 Å². The monoisotopic (exact) mass is 305 g/mol. The van der Waals surface area contributed by atoms with Crippen molar-refractivity contribution in [2.75, 3.05) is 7.11 Å². The number of hydrogen-bond acceptors (Lipinski definition) is 4. The van der Waals surface area contributed by atoms with Crippen molar-refractivity contribution >= 4 is 33.2 Å². The number of methoxy groups -OCH3 is 1. The molecule has 0 aromatic carbocycles. The van der Waals surface area contributed by atoms with Gasteiger partial charge < -0.3 is 10.1 Å². The van der Waals surface area contributed by atoms with Crippen LogP contribution >= 0.6 is 27.3 Å². The summed E-state index contributed by atoms with van der Waals surface area (Å²) in [5.41, 5.74) is 0. The van der Waals surface area contributed by atoms with Crippen LogP contribution in [0.3, 0.4) is 0 Å². The molecule has 0 spiro atoms. The van der Waals surface area contributed by atoms with E-state index in [0.29, 0.717) is 0 Å². The lowest BCUT2D eigenvalue weighted by molar-refractivity contribution is -0.145. The highest BCUT2D eigenvalue weighted by Crippen LogP contribution is 2.22. The van der Waals surface area contributed by atoms with Gasteiger partial charge in [-0.1, -0.05) is 6.92 Å². The summed E-state index contributed by atoms with van der Waals surface area (Å²) in [5, 5.41) is 5.36. The van der Waals surface area contributed by atoms with E-state index in [4.69, 9.17) is 4.74 Å². The van der Waals surface area contributed by atoms with Crippen molar-refractivity contribution in [3.63, 3.8) is 0 Å². The minimum Gasteiger partial charge on any atom is -0.469 e. The lowest BCUT2D eigenvalue weighted by atomic mass is 10.0. The van der Waals surface area contributed by atoms with Crippen LogP contribution in [0.1, 0.15) is 18.7 Å². The van der Waals surface area contributed by atoms with E-state index in [0.717, 1.165) is 11.0 Å². The van der Waals surface area contributed by atoms with Crippen molar-refractivity contribution in [2.45, 2.75) is 26.4 Å². The molecular formula is C11H16BrNO2S. The van der Waals surface area contributed by atoms with Gasteiger partial charge in [0.25, 0.3) is 0 Å². The molecule has 2 atom stereocenters. The zero-order chi connectivity index (χ0) is 12.1. The second-order valence-corrected chi connectivity index (χ2v) is 5.53. The maximum absolute atomic E-state index is 11.3. The molecule has 1 aromatic rings. The van der Waals surface area contributed by atoms with Crippen molar-refractivity contribution in [1.82, 2.24) is 5.32 Å². The third-order valence-corrected chi connectivity index (χ3v) is 4.52. The molecule has 3 nitrogen and oxygen atoms in total. The van der Waals surface area contributed by atoms with E-state index in [1.165, 1.54) is 12.0 Å². The van der Waals surface area contributed by atoms with Gasteiger partial charge in [-0.2, -0.15) is 0 Å². The van der Waals surface area contributed by atoms with E-state index in [2.05, 4.69) is 21.2 Å². The second kappa shape index (κ2) is 6.37. The van der Waals surface area contributed by atoms with E-state index >= 15 is 0 Å². The predicted octanol–water partition coefficient (Wildman–Crippen LogP) is 2.80. The molecule has 0 aliphatic carbocycles. The molecule has 0 aliphatic heterocycles. The Morgan fingerprint density at radius 2 is 2.31 bits per heavy atom. The Kier molecular flexibility index (Phi) is 5.44. The van der Waals surface area contributed by atoms with Crippen LogP contribution in [-0.4, -0.2) is 19.1 Å². The van der Waals surface area contributed by atoms with Gasteiger partial charge in [0.2, 0.25) is 0 Å². The van der Waals surface area contributed by atoms with Crippen molar-refractivity contribution in [3.8, 4) is 0 Å². The summed E-state index contributed by atoms with van der Waals surface area (Å²) in [6.07, 6.45) is 0. The molecule has 1 heterocycles. The van der Waals surface area contributed by atoms with Gasteiger partial charge in [0, 0.05) is 21.9 Å². The van der Waals surface area contributed by atoms with Gasteiger partial charge in [0.05, 0.1) is 13.0 Å². The lowest BCUT2D eigenvalue weighted by Crippen LogP contribution is -2.36. The molecule has 0 radical (unpaired) electrons. The van der Waals surface area contributed by atoms with Gasteiger partial charge in [-0.3, -0.25) is 4.79 Å². The Morgan fingerprint density at radius 3 is 2.81 bits per heavy atom. The molecule has 16 heavy (non-hydrogen) atoms. The average molecular weight is 306 g/mol. The molecular weight excluding hydrogens is 290 g/mol. The van der Waals surface area contributed by atoms with Gasteiger partial charge in [-0.05, 0) is 34.3 Å². The maximum Gasteiger partial charge on any atom is 0.309 e. The van der Waals surface area contributed by atoms with Crippen LogP contribution in [0.4, 0.5) is 0 Å². The smallest absolute Gasteiger partial charge is 0.309 e. The summed E-state index contributed by atoms with van der Waals surface area (Å²) in [6.45, 7) is 4.62. The van der Waals surface area contributed by atoms with Gasteiger partial charge in [-0.15, -0.1) is 11.3 Å². The van der Waals surface area contributed by atoms with Crippen LogP contribution in [0.15, 0.2) is 15.9 Å². The van der Waals surface area contributed by atoms with Crippen LogP contribution in [-0.2, 0) is 16.1 Å². The lowest BCUT2D eigenvalue weighted by Gasteiger charge is -2.18. The topological polar surface area (TPSA) is 38.3 Å². The molecule has 0 saturated carbocycles. The molecule has 0 amide bonds. The zero-order valence-corrected chi connectivity index (χ0v) is 12.0. The second-order valence-electron chi connectivity index (χ2n) is 3.67. The summed E-state index contributed by atoms with van der Waals surface area (Å²) in [6, 6.07) is 2.12.